The van der Waals surface area contributed by atoms with Crippen LogP contribution < -0.4 is 10.1 Å². The molecule has 0 bridgehead atoms. The second-order valence-electron chi connectivity index (χ2n) is 5.18. The highest BCUT2D eigenvalue weighted by Crippen LogP contribution is 2.38. The number of rotatable bonds is 2. The fourth-order valence-electron chi connectivity index (χ4n) is 2.64. The molecule has 1 fully saturated rings. The zero-order valence-corrected chi connectivity index (χ0v) is 14.0. The fourth-order valence-corrected chi connectivity index (χ4v) is 4.51. The molecule has 1 saturated heterocycles. The Balaban J connectivity index is 0.00000161. The Morgan fingerprint density at radius 2 is 2.00 bits per heavy atom. The van der Waals surface area contributed by atoms with E-state index in [1.807, 2.05) is 6.92 Å². The van der Waals surface area contributed by atoms with Crippen molar-refractivity contribution in [2.45, 2.75) is 24.3 Å². The number of halogens is 2. The van der Waals surface area contributed by atoms with Crippen molar-refractivity contribution in [3.63, 3.8) is 0 Å². The fraction of sp³-hybridized carbons (Fsp3) is 0.538. The van der Waals surface area contributed by atoms with Crippen LogP contribution in [0.4, 0.5) is 0 Å². The first-order valence-electron chi connectivity index (χ1n) is 6.68. The van der Waals surface area contributed by atoms with E-state index < -0.39 is 10.0 Å². The van der Waals surface area contributed by atoms with Crippen molar-refractivity contribution in [3.8, 4) is 5.75 Å². The molecule has 1 unspecified atom stereocenters. The Bertz CT molecular complexity index is 631. The molecule has 1 N–H and O–H groups in total. The summed E-state index contributed by atoms with van der Waals surface area (Å²) >= 11 is 6.16. The first-order valence-corrected chi connectivity index (χ1v) is 8.50. The monoisotopic (exact) mass is 352 g/mol. The van der Waals surface area contributed by atoms with Crippen LogP contribution in [0, 0.1) is 0 Å². The summed E-state index contributed by atoms with van der Waals surface area (Å²) in [6, 6.07) is 3.19. The van der Waals surface area contributed by atoms with Crippen molar-refractivity contribution in [2.24, 2.45) is 0 Å². The van der Waals surface area contributed by atoms with Crippen LogP contribution in [0.1, 0.15) is 12.5 Å². The van der Waals surface area contributed by atoms with Gasteiger partial charge in [0, 0.05) is 38.2 Å². The zero-order valence-electron chi connectivity index (χ0n) is 11.6. The predicted octanol–water partition coefficient (Wildman–Crippen LogP) is 1.68. The molecule has 0 radical (unpaired) electrons. The average Bonchev–Trinajstić information content (AvgIpc) is 2.81. The standard InChI is InChI=1S/C13H17ClN2O3S.ClH/c1-9-6-10-7-11(8-12(14)13(10)19-9)20(17,18)16-4-2-15-3-5-16;/h7-9,15H,2-6H2,1H3;1H. The summed E-state index contributed by atoms with van der Waals surface area (Å²) in [7, 11) is -3.47. The number of piperazine rings is 1. The highest BCUT2D eigenvalue weighted by Gasteiger charge is 2.30. The van der Waals surface area contributed by atoms with Crippen LogP contribution in [-0.4, -0.2) is 45.0 Å². The third-order valence-electron chi connectivity index (χ3n) is 3.63. The van der Waals surface area contributed by atoms with Gasteiger partial charge in [0.25, 0.3) is 0 Å². The number of nitrogens with zero attached hydrogens (tertiary/aromatic N) is 1. The lowest BCUT2D eigenvalue weighted by molar-refractivity contribution is 0.255. The van der Waals surface area contributed by atoms with E-state index >= 15 is 0 Å². The summed E-state index contributed by atoms with van der Waals surface area (Å²) in [5.41, 5.74) is 0.874. The Hall–Kier alpha value is -0.530. The van der Waals surface area contributed by atoms with Gasteiger partial charge in [0.1, 0.15) is 11.9 Å². The van der Waals surface area contributed by atoms with Crippen molar-refractivity contribution in [2.75, 3.05) is 26.2 Å². The third-order valence-corrected chi connectivity index (χ3v) is 5.79. The Morgan fingerprint density at radius 3 is 2.67 bits per heavy atom. The molecule has 2 aliphatic rings. The van der Waals surface area contributed by atoms with Crippen LogP contribution in [0.15, 0.2) is 17.0 Å². The second kappa shape index (κ2) is 6.30. The highest BCUT2D eigenvalue weighted by atomic mass is 35.5. The van der Waals surface area contributed by atoms with E-state index in [2.05, 4.69) is 5.32 Å². The number of fused-ring (bicyclic) bond motifs is 1. The molecule has 5 nitrogen and oxygen atoms in total. The van der Waals surface area contributed by atoms with E-state index in [1.54, 1.807) is 6.07 Å². The molecule has 2 heterocycles. The average molecular weight is 353 g/mol. The summed E-state index contributed by atoms with van der Waals surface area (Å²) in [5.74, 6) is 0.624. The maximum atomic E-state index is 12.6. The minimum atomic E-state index is -3.47. The van der Waals surface area contributed by atoms with Gasteiger partial charge in [-0.2, -0.15) is 4.31 Å². The van der Waals surface area contributed by atoms with Crippen LogP contribution in [0.25, 0.3) is 0 Å². The summed E-state index contributed by atoms with van der Waals surface area (Å²) in [6.45, 7) is 4.28. The normalized spacial score (nSPS) is 22.3. The lowest BCUT2D eigenvalue weighted by Crippen LogP contribution is -2.46. The lowest BCUT2D eigenvalue weighted by Gasteiger charge is -2.26. The topological polar surface area (TPSA) is 58.6 Å². The smallest absolute Gasteiger partial charge is 0.243 e. The van der Waals surface area contributed by atoms with Gasteiger partial charge >= 0.3 is 0 Å². The number of benzene rings is 1. The second-order valence-corrected chi connectivity index (χ2v) is 7.53. The molecule has 118 valence electrons. The maximum absolute atomic E-state index is 12.6. The molecule has 0 aromatic heterocycles. The van der Waals surface area contributed by atoms with E-state index in [-0.39, 0.29) is 23.4 Å². The van der Waals surface area contributed by atoms with Crippen molar-refractivity contribution in [1.29, 1.82) is 0 Å². The number of hydrogen-bond acceptors (Lipinski definition) is 4. The van der Waals surface area contributed by atoms with Gasteiger partial charge in [-0.25, -0.2) is 8.42 Å². The molecule has 0 amide bonds. The van der Waals surface area contributed by atoms with Gasteiger partial charge in [0.15, 0.2) is 0 Å². The molecule has 0 aliphatic carbocycles. The van der Waals surface area contributed by atoms with E-state index in [0.717, 1.165) is 5.56 Å². The predicted molar refractivity (Wildman–Crippen MR) is 84.1 cm³/mol. The van der Waals surface area contributed by atoms with Crippen LogP contribution in [0.5, 0.6) is 5.75 Å². The number of hydrogen-bond donors (Lipinski definition) is 1. The summed E-state index contributed by atoms with van der Waals surface area (Å²) < 4.78 is 32.3. The zero-order chi connectivity index (χ0) is 14.3. The largest absolute Gasteiger partial charge is 0.489 e. The minimum absolute atomic E-state index is 0. The molecule has 3 rings (SSSR count). The van der Waals surface area contributed by atoms with E-state index in [4.69, 9.17) is 16.3 Å². The first-order chi connectivity index (χ1) is 9.48. The van der Waals surface area contributed by atoms with Crippen molar-refractivity contribution in [1.82, 2.24) is 9.62 Å². The van der Waals surface area contributed by atoms with E-state index in [1.165, 1.54) is 10.4 Å². The van der Waals surface area contributed by atoms with Crippen molar-refractivity contribution >= 4 is 34.0 Å². The van der Waals surface area contributed by atoms with Gasteiger partial charge in [-0.3, -0.25) is 0 Å². The number of sulfonamides is 1. The first kappa shape index (κ1) is 16.8. The summed E-state index contributed by atoms with van der Waals surface area (Å²) in [5, 5.41) is 3.52. The lowest BCUT2D eigenvalue weighted by atomic mass is 10.1. The Labute approximate surface area is 136 Å². The molecule has 21 heavy (non-hydrogen) atoms. The molecule has 0 spiro atoms. The van der Waals surface area contributed by atoms with Crippen LogP contribution in [-0.2, 0) is 16.4 Å². The summed E-state index contributed by atoms with van der Waals surface area (Å²) in [4.78, 5) is 0.265. The van der Waals surface area contributed by atoms with Gasteiger partial charge in [0.05, 0.1) is 9.92 Å². The molecule has 1 aromatic rings. The quantitative estimate of drug-likeness (QED) is 0.879. The van der Waals surface area contributed by atoms with Gasteiger partial charge in [0.2, 0.25) is 10.0 Å². The number of nitrogens with one attached hydrogen (secondary N) is 1. The molecule has 0 saturated carbocycles. The molecule has 8 heteroatoms. The molecular weight excluding hydrogens is 335 g/mol. The van der Waals surface area contributed by atoms with E-state index in [9.17, 15) is 8.42 Å². The van der Waals surface area contributed by atoms with Gasteiger partial charge in [-0.15, -0.1) is 12.4 Å². The van der Waals surface area contributed by atoms with Crippen LogP contribution in [0.2, 0.25) is 5.02 Å². The van der Waals surface area contributed by atoms with E-state index in [0.29, 0.717) is 43.4 Å². The maximum Gasteiger partial charge on any atom is 0.243 e. The minimum Gasteiger partial charge on any atom is -0.489 e. The third kappa shape index (κ3) is 3.14. The van der Waals surface area contributed by atoms with Gasteiger partial charge in [-0.1, -0.05) is 11.6 Å². The Kier molecular flexibility index (Phi) is 5.05. The van der Waals surface area contributed by atoms with Crippen LogP contribution in [0.3, 0.4) is 0 Å². The Morgan fingerprint density at radius 1 is 1.33 bits per heavy atom. The number of ether oxygens (including phenoxy) is 1. The van der Waals surface area contributed by atoms with Crippen LogP contribution >= 0.6 is 24.0 Å². The van der Waals surface area contributed by atoms with Crippen molar-refractivity contribution in [3.05, 3.63) is 22.7 Å². The van der Waals surface area contributed by atoms with Crippen molar-refractivity contribution < 1.29 is 13.2 Å². The summed E-state index contributed by atoms with van der Waals surface area (Å²) in [6.07, 6.45) is 0.736. The highest BCUT2D eigenvalue weighted by molar-refractivity contribution is 7.89. The molecule has 1 aromatic carbocycles. The molecule has 2 aliphatic heterocycles. The van der Waals surface area contributed by atoms with Gasteiger partial charge < -0.3 is 10.1 Å². The molecular formula is C13H18Cl2N2O3S. The SMILES string of the molecule is CC1Cc2cc(S(=O)(=O)N3CCNCC3)cc(Cl)c2O1.Cl. The molecule has 1 atom stereocenters. The van der Waals surface area contributed by atoms with Gasteiger partial charge in [-0.05, 0) is 19.1 Å².